The number of benzene rings is 1. The second-order valence-electron chi connectivity index (χ2n) is 5.24. The zero-order valence-corrected chi connectivity index (χ0v) is 13.1. The van der Waals surface area contributed by atoms with E-state index in [1.165, 1.54) is 0 Å². The molecule has 0 amide bonds. The fourth-order valence-electron chi connectivity index (χ4n) is 2.19. The summed E-state index contributed by atoms with van der Waals surface area (Å²) in [5, 5.41) is 0.623. The number of esters is 1. The SMILES string of the molecule is CC(OCC1CCCO1)C(=O)OC(C)c1cccc(Cl)c1. The first-order chi connectivity index (χ1) is 10.1. The van der Waals surface area contributed by atoms with Gasteiger partial charge in [-0.3, -0.25) is 0 Å². The van der Waals surface area contributed by atoms with E-state index >= 15 is 0 Å². The summed E-state index contributed by atoms with van der Waals surface area (Å²) in [5.41, 5.74) is 0.863. The molecule has 21 heavy (non-hydrogen) atoms. The predicted molar refractivity (Wildman–Crippen MR) is 80.3 cm³/mol. The van der Waals surface area contributed by atoms with E-state index in [0.29, 0.717) is 11.6 Å². The van der Waals surface area contributed by atoms with Gasteiger partial charge in [0, 0.05) is 11.6 Å². The van der Waals surface area contributed by atoms with Crippen LogP contribution in [0.15, 0.2) is 24.3 Å². The lowest BCUT2D eigenvalue weighted by Crippen LogP contribution is -2.28. The van der Waals surface area contributed by atoms with E-state index in [9.17, 15) is 4.79 Å². The molecule has 0 saturated carbocycles. The van der Waals surface area contributed by atoms with Gasteiger partial charge in [-0.1, -0.05) is 23.7 Å². The van der Waals surface area contributed by atoms with Crippen LogP contribution >= 0.6 is 11.6 Å². The molecule has 0 N–H and O–H groups in total. The fraction of sp³-hybridized carbons (Fsp3) is 0.562. The summed E-state index contributed by atoms with van der Waals surface area (Å²) in [6, 6.07) is 7.28. The van der Waals surface area contributed by atoms with Crippen molar-refractivity contribution in [1.82, 2.24) is 0 Å². The van der Waals surface area contributed by atoms with Crippen LogP contribution in [0.25, 0.3) is 0 Å². The lowest BCUT2D eigenvalue weighted by molar-refractivity contribution is -0.162. The van der Waals surface area contributed by atoms with Gasteiger partial charge in [-0.05, 0) is 44.4 Å². The minimum atomic E-state index is -0.601. The van der Waals surface area contributed by atoms with E-state index < -0.39 is 6.10 Å². The maximum atomic E-state index is 12.0. The van der Waals surface area contributed by atoms with Crippen molar-refractivity contribution in [3.63, 3.8) is 0 Å². The zero-order valence-electron chi connectivity index (χ0n) is 12.4. The second kappa shape index (κ2) is 7.78. The van der Waals surface area contributed by atoms with Crippen LogP contribution < -0.4 is 0 Å². The molecule has 0 aliphatic carbocycles. The van der Waals surface area contributed by atoms with Crippen molar-refractivity contribution in [3.05, 3.63) is 34.9 Å². The van der Waals surface area contributed by atoms with Crippen LogP contribution in [-0.2, 0) is 19.0 Å². The summed E-state index contributed by atoms with van der Waals surface area (Å²) in [5.74, 6) is -0.375. The summed E-state index contributed by atoms with van der Waals surface area (Å²) in [4.78, 5) is 12.0. The summed E-state index contributed by atoms with van der Waals surface area (Å²) >= 11 is 5.93. The van der Waals surface area contributed by atoms with E-state index in [1.54, 1.807) is 19.1 Å². The van der Waals surface area contributed by atoms with Crippen molar-refractivity contribution in [1.29, 1.82) is 0 Å². The number of halogens is 1. The minimum Gasteiger partial charge on any atom is -0.456 e. The minimum absolute atomic E-state index is 0.102. The van der Waals surface area contributed by atoms with Crippen molar-refractivity contribution >= 4 is 17.6 Å². The molecule has 2 rings (SSSR count). The lowest BCUT2D eigenvalue weighted by Gasteiger charge is -2.19. The molecular weight excluding hydrogens is 292 g/mol. The maximum Gasteiger partial charge on any atom is 0.335 e. The highest BCUT2D eigenvalue weighted by atomic mass is 35.5. The average Bonchev–Trinajstić information content (AvgIpc) is 2.97. The number of hydrogen-bond donors (Lipinski definition) is 0. The van der Waals surface area contributed by atoms with Gasteiger partial charge in [-0.25, -0.2) is 4.79 Å². The van der Waals surface area contributed by atoms with E-state index in [0.717, 1.165) is 25.0 Å². The number of carbonyl (C=O) groups excluding carboxylic acids is 1. The summed E-state index contributed by atoms with van der Waals surface area (Å²) in [7, 11) is 0. The molecule has 1 aromatic carbocycles. The number of rotatable bonds is 6. The first kappa shape index (κ1) is 16.3. The molecule has 1 saturated heterocycles. The molecule has 1 aliphatic rings. The van der Waals surface area contributed by atoms with E-state index in [2.05, 4.69) is 0 Å². The van der Waals surface area contributed by atoms with Crippen LogP contribution in [0.5, 0.6) is 0 Å². The van der Waals surface area contributed by atoms with Crippen LogP contribution in [0.4, 0.5) is 0 Å². The molecule has 1 heterocycles. The second-order valence-corrected chi connectivity index (χ2v) is 5.68. The Balaban J connectivity index is 1.79. The Morgan fingerprint density at radius 2 is 2.29 bits per heavy atom. The third kappa shape index (κ3) is 4.99. The van der Waals surface area contributed by atoms with Crippen LogP contribution in [0.3, 0.4) is 0 Å². The molecule has 116 valence electrons. The van der Waals surface area contributed by atoms with Crippen LogP contribution in [-0.4, -0.2) is 31.4 Å². The highest BCUT2D eigenvalue weighted by Gasteiger charge is 2.22. The van der Waals surface area contributed by atoms with Crippen molar-refractivity contribution < 1.29 is 19.0 Å². The van der Waals surface area contributed by atoms with Crippen molar-refractivity contribution in [2.45, 2.75) is 45.0 Å². The third-order valence-electron chi connectivity index (χ3n) is 3.50. The molecule has 5 heteroatoms. The Hall–Kier alpha value is -1.10. The average molecular weight is 313 g/mol. The van der Waals surface area contributed by atoms with Crippen molar-refractivity contribution in [2.75, 3.05) is 13.2 Å². The fourth-order valence-corrected chi connectivity index (χ4v) is 2.39. The Morgan fingerprint density at radius 1 is 1.48 bits per heavy atom. The van der Waals surface area contributed by atoms with Gasteiger partial charge in [0.1, 0.15) is 6.10 Å². The number of ether oxygens (including phenoxy) is 3. The Labute approximate surface area is 130 Å². The molecular formula is C16H21ClO4. The van der Waals surface area contributed by atoms with Crippen LogP contribution in [0.1, 0.15) is 38.4 Å². The van der Waals surface area contributed by atoms with Crippen molar-refractivity contribution in [2.24, 2.45) is 0 Å². The highest BCUT2D eigenvalue weighted by molar-refractivity contribution is 6.30. The lowest BCUT2D eigenvalue weighted by atomic mass is 10.1. The first-order valence-electron chi connectivity index (χ1n) is 7.25. The normalized spacial score (nSPS) is 21.0. The van der Waals surface area contributed by atoms with Gasteiger partial charge in [0.15, 0.2) is 6.10 Å². The monoisotopic (exact) mass is 312 g/mol. The van der Waals surface area contributed by atoms with E-state index in [4.69, 9.17) is 25.8 Å². The summed E-state index contributed by atoms with van der Waals surface area (Å²) in [6.07, 6.45) is 1.19. The molecule has 1 aromatic rings. The van der Waals surface area contributed by atoms with Gasteiger partial charge in [-0.15, -0.1) is 0 Å². The summed E-state index contributed by atoms with van der Waals surface area (Å²) in [6.45, 7) is 4.72. The molecule has 1 aliphatic heterocycles. The molecule has 1 fully saturated rings. The van der Waals surface area contributed by atoms with Gasteiger partial charge in [0.2, 0.25) is 0 Å². The molecule has 0 bridgehead atoms. The van der Waals surface area contributed by atoms with E-state index in [1.807, 2.05) is 19.1 Å². The smallest absolute Gasteiger partial charge is 0.335 e. The van der Waals surface area contributed by atoms with Crippen LogP contribution in [0, 0.1) is 0 Å². The summed E-state index contributed by atoms with van der Waals surface area (Å²) < 4.78 is 16.4. The molecule has 0 aromatic heterocycles. The molecule has 3 unspecified atom stereocenters. The van der Waals surface area contributed by atoms with Gasteiger partial charge in [0.05, 0.1) is 12.7 Å². The maximum absolute atomic E-state index is 12.0. The molecule has 4 nitrogen and oxygen atoms in total. The van der Waals surface area contributed by atoms with Gasteiger partial charge >= 0.3 is 5.97 Å². The van der Waals surface area contributed by atoms with Crippen molar-refractivity contribution in [3.8, 4) is 0 Å². The topological polar surface area (TPSA) is 44.8 Å². The molecule has 0 radical (unpaired) electrons. The number of carbonyl (C=O) groups is 1. The van der Waals surface area contributed by atoms with Gasteiger partial charge in [-0.2, -0.15) is 0 Å². The predicted octanol–water partition coefficient (Wildman–Crippen LogP) is 3.53. The standard InChI is InChI=1S/C16H21ClO4/c1-11(13-5-3-6-14(17)9-13)21-16(18)12(2)20-10-15-7-4-8-19-15/h3,5-6,9,11-12,15H,4,7-8,10H2,1-2H3. The zero-order chi connectivity index (χ0) is 15.2. The Bertz CT molecular complexity index is 471. The quantitative estimate of drug-likeness (QED) is 0.754. The Morgan fingerprint density at radius 3 is 2.95 bits per heavy atom. The van der Waals surface area contributed by atoms with Gasteiger partial charge in [0.25, 0.3) is 0 Å². The first-order valence-corrected chi connectivity index (χ1v) is 7.63. The van der Waals surface area contributed by atoms with E-state index in [-0.39, 0.29) is 18.2 Å². The largest absolute Gasteiger partial charge is 0.456 e. The number of hydrogen-bond acceptors (Lipinski definition) is 4. The molecule has 0 spiro atoms. The van der Waals surface area contributed by atoms with Crippen LogP contribution in [0.2, 0.25) is 5.02 Å². The third-order valence-corrected chi connectivity index (χ3v) is 3.73. The van der Waals surface area contributed by atoms with Gasteiger partial charge < -0.3 is 14.2 Å². The highest BCUT2D eigenvalue weighted by Crippen LogP contribution is 2.21. The molecule has 3 atom stereocenters. The Kier molecular flexibility index (Phi) is 6.03.